The van der Waals surface area contributed by atoms with Crippen LogP contribution in [0.1, 0.15) is 52.3 Å². The molecule has 0 radical (unpaired) electrons. The SMILES string of the molecule is COC(=O)CSCCCS[C@H]1C(=O)C(C)(C)[C@@H](OSBr)[C@@H]1/C=C/C(CCc1sc2ccccc2c1Cl)O[Si](C)(C)C(C)(C)C. The summed E-state index contributed by atoms with van der Waals surface area (Å²) in [5.74, 6) is 1.92. The number of fused-ring (bicyclic) bond motifs is 1. The Hall–Kier alpha value is 0.0169. The van der Waals surface area contributed by atoms with Crippen LogP contribution in [0.25, 0.3) is 10.1 Å². The van der Waals surface area contributed by atoms with E-state index in [4.69, 9.17) is 24.9 Å². The predicted octanol–water partition coefficient (Wildman–Crippen LogP) is 10.4. The maximum atomic E-state index is 13.7. The molecule has 0 saturated heterocycles. The Morgan fingerprint density at radius 1 is 1.23 bits per heavy atom. The van der Waals surface area contributed by atoms with E-state index >= 15 is 0 Å². The third-order valence-electron chi connectivity index (χ3n) is 8.68. The molecule has 5 nitrogen and oxygen atoms in total. The Morgan fingerprint density at radius 2 is 1.93 bits per heavy atom. The fraction of sp³-hybridized carbons (Fsp3) is 0.625. The zero-order chi connectivity index (χ0) is 32.7. The van der Waals surface area contributed by atoms with Crippen molar-refractivity contribution >= 4 is 102 Å². The molecule has 0 bridgehead atoms. The molecule has 0 N–H and O–H groups in total. The summed E-state index contributed by atoms with van der Waals surface area (Å²) in [6.07, 6.45) is 6.49. The molecule has 44 heavy (non-hydrogen) atoms. The molecule has 12 heteroatoms. The summed E-state index contributed by atoms with van der Waals surface area (Å²) < 4.78 is 19.0. The molecule has 3 rings (SSSR count). The number of thioether (sulfide) groups is 2. The quantitative estimate of drug-likeness (QED) is 0.0549. The van der Waals surface area contributed by atoms with Crippen LogP contribution < -0.4 is 0 Å². The molecule has 0 amide bonds. The Bertz CT molecular complexity index is 1300. The van der Waals surface area contributed by atoms with Gasteiger partial charge in [0.2, 0.25) is 0 Å². The van der Waals surface area contributed by atoms with Crippen molar-refractivity contribution in [3.63, 3.8) is 0 Å². The van der Waals surface area contributed by atoms with Crippen LogP contribution in [0.2, 0.25) is 23.2 Å². The number of ether oxygens (including phenoxy) is 1. The zero-order valence-electron chi connectivity index (χ0n) is 26.9. The van der Waals surface area contributed by atoms with E-state index in [1.54, 1.807) is 34.9 Å². The van der Waals surface area contributed by atoms with Crippen molar-refractivity contribution < 1.29 is 22.9 Å². The van der Waals surface area contributed by atoms with E-state index in [0.717, 1.165) is 51.7 Å². The fourth-order valence-corrected chi connectivity index (χ4v) is 11.2. The van der Waals surface area contributed by atoms with Crippen molar-refractivity contribution in [2.24, 2.45) is 11.3 Å². The lowest BCUT2D eigenvalue weighted by Gasteiger charge is -2.39. The van der Waals surface area contributed by atoms with Crippen LogP contribution in [0.4, 0.5) is 0 Å². The summed E-state index contributed by atoms with van der Waals surface area (Å²) in [6.45, 7) is 15.3. The van der Waals surface area contributed by atoms with E-state index < -0.39 is 13.7 Å². The van der Waals surface area contributed by atoms with Gasteiger partial charge in [-0.1, -0.05) is 76.6 Å². The van der Waals surface area contributed by atoms with Gasteiger partial charge in [-0.3, -0.25) is 13.8 Å². The van der Waals surface area contributed by atoms with Crippen molar-refractivity contribution in [1.29, 1.82) is 0 Å². The first kappa shape index (κ1) is 38.5. The van der Waals surface area contributed by atoms with Crippen LogP contribution in [0.3, 0.4) is 0 Å². The van der Waals surface area contributed by atoms with Gasteiger partial charge >= 0.3 is 5.97 Å². The molecule has 1 aromatic heterocycles. The Labute approximate surface area is 294 Å². The summed E-state index contributed by atoms with van der Waals surface area (Å²) in [5, 5.41) is 1.78. The van der Waals surface area contributed by atoms with Crippen LogP contribution in [0, 0.1) is 11.3 Å². The lowest BCUT2D eigenvalue weighted by atomic mass is 9.86. The van der Waals surface area contributed by atoms with E-state index in [9.17, 15) is 9.59 Å². The van der Waals surface area contributed by atoms with E-state index in [1.807, 2.05) is 19.9 Å². The third-order valence-corrected chi connectivity index (χ3v) is 18.1. The van der Waals surface area contributed by atoms with Crippen molar-refractivity contribution in [3.8, 4) is 0 Å². The highest BCUT2D eigenvalue weighted by Crippen LogP contribution is 2.48. The van der Waals surface area contributed by atoms with Crippen molar-refractivity contribution in [2.75, 3.05) is 24.4 Å². The van der Waals surface area contributed by atoms with Crippen LogP contribution in [-0.4, -0.2) is 61.9 Å². The molecule has 2 aromatic rings. The highest BCUT2D eigenvalue weighted by atomic mass is 79.9. The van der Waals surface area contributed by atoms with Crippen molar-refractivity contribution in [3.05, 3.63) is 46.3 Å². The van der Waals surface area contributed by atoms with Gasteiger partial charge in [-0.15, -0.1) is 23.1 Å². The van der Waals surface area contributed by atoms with Gasteiger partial charge in [-0.05, 0) is 55.0 Å². The average molecular weight is 782 g/mol. The molecule has 1 aromatic carbocycles. The molecule has 1 heterocycles. The number of esters is 1. The standard InChI is InChI=1S/C32H46BrClO5S4Si/c1-31(2,3)44(7,8)39-21(15-17-25-27(34)22-12-9-10-13-24(22)42-25)14-16-23-28(29(36)32(4,5)30(23)38-43-33)41-19-11-18-40-20-26(35)37-6/h9-10,12-14,16,21,23,28,30H,11,15,17-20H2,1-8H3/b16-14+/t21?,23-,28-,30+/m1/s1. The van der Waals surface area contributed by atoms with E-state index in [0.29, 0.717) is 5.75 Å². The minimum atomic E-state index is -2.10. The van der Waals surface area contributed by atoms with Crippen LogP contribution in [0.5, 0.6) is 0 Å². The summed E-state index contributed by atoms with van der Waals surface area (Å²) >= 11 is 15.2. The van der Waals surface area contributed by atoms with E-state index in [-0.39, 0.29) is 40.2 Å². The lowest BCUT2D eigenvalue weighted by Crippen LogP contribution is -2.43. The van der Waals surface area contributed by atoms with Crippen LogP contribution in [-0.2, 0) is 29.4 Å². The molecule has 246 valence electrons. The molecule has 1 saturated carbocycles. The molecule has 1 unspecified atom stereocenters. The number of Topliss-reactive ketones (excluding diaryl/α,β-unsaturated/α-hetero) is 1. The highest BCUT2D eigenvalue weighted by Gasteiger charge is 2.55. The molecule has 0 aliphatic heterocycles. The van der Waals surface area contributed by atoms with Gasteiger partial charge in [0.25, 0.3) is 0 Å². The second-order valence-corrected chi connectivity index (χ2v) is 22.9. The summed E-state index contributed by atoms with van der Waals surface area (Å²) in [5.41, 5.74) is -0.631. The number of carbonyl (C=O) groups excluding carboxylic acids is 2. The summed E-state index contributed by atoms with van der Waals surface area (Å²) in [7, 11) is 0.452. The summed E-state index contributed by atoms with van der Waals surface area (Å²) in [4.78, 5) is 26.4. The molecule has 1 fully saturated rings. The maximum Gasteiger partial charge on any atom is 0.315 e. The number of hydrogen-bond acceptors (Lipinski definition) is 9. The number of halogens is 2. The molecular weight excluding hydrogens is 736 g/mol. The normalized spacial score (nSPS) is 21.4. The maximum absolute atomic E-state index is 13.7. The Kier molecular flexibility index (Phi) is 14.8. The minimum absolute atomic E-state index is 0.0577. The number of ketones is 1. The van der Waals surface area contributed by atoms with Crippen LogP contribution >= 0.6 is 71.8 Å². The topological polar surface area (TPSA) is 61.8 Å². The van der Waals surface area contributed by atoms with Gasteiger partial charge < -0.3 is 9.16 Å². The number of hydrogen-bond donors (Lipinski definition) is 0. The lowest BCUT2D eigenvalue weighted by molar-refractivity contribution is -0.137. The second-order valence-electron chi connectivity index (χ2n) is 13.2. The number of rotatable bonds is 16. The van der Waals surface area contributed by atoms with E-state index in [2.05, 4.69) is 79.0 Å². The molecule has 1 aliphatic carbocycles. The van der Waals surface area contributed by atoms with Gasteiger partial charge in [0, 0.05) is 35.7 Å². The van der Waals surface area contributed by atoms with Gasteiger partial charge in [0.05, 0.1) is 51.2 Å². The number of aryl methyl sites for hydroxylation is 1. The zero-order valence-corrected chi connectivity index (χ0v) is 33.6. The molecular formula is C32H46BrClO5S4Si. The monoisotopic (exact) mass is 780 g/mol. The smallest absolute Gasteiger partial charge is 0.315 e. The average Bonchev–Trinajstić information content (AvgIpc) is 3.37. The molecule has 4 atom stereocenters. The van der Waals surface area contributed by atoms with Gasteiger partial charge in [-0.2, -0.15) is 11.8 Å². The van der Waals surface area contributed by atoms with Gasteiger partial charge in [0.1, 0.15) is 0 Å². The highest BCUT2D eigenvalue weighted by molar-refractivity contribution is 9.49. The number of thiophene rings is 1. The summed E-state index contributed by atoms with van der Waals surface area (Å²) in [6, 6.07) is 8.28. The first-order valence-corrected chi connectivity index (χ1v) is 23.8. The third kappa shape index (κ3) is 9.78. The van der Waals surface area contributed by atoms with Crippen molar-refractivity contribution in [2.45, 2.75) is 89.5 Å². The fourth-order valence-electron chi connectivity index (χ4n) is 5.02. The predicted molar refractivity (Wildman–Crippen MR) is 200 cm³/mol. The van der Waals surface area contributed by atoms with Crippen molar-refractivity contribution in [1.82, 2.24) is 0 Å². The number of benzene rings is 1. The second kappa shape index (κ2) is 16.9. The van der Waals surface area contributed by atoms with Gasteiger partial charge in [0.15, 0.2) is 14.1 Å². The van der Waals surface area contributed by atoms with E-state index in [1.165, 1.54) is 16.7 Å². The van der Waals surface area contributed by atoms with Crippen LogP contribution in [0.15, 0.2) is 36.4 Å². The Balaban J connectivity index is 1.83. The minimum Gasteiger partial charge on any atom is -0.468 e. The first-order valence-electron chi connectivity index (χ1n) is 14.9. The first-order chi connectivity index (χ1) is 20.6. The molecule has 1 aliphatic rings. The Morgan fingerprint density at radius 3 is 2.57 bits per heavy atom. The number of methoxy groups -OCH3 is 1. The largest absolute Gasteiger partial charge is 0.468 e. The molecule has 0 spiro atoms. The number of carbonyl (C=O) groups is 2. The van der Waals surface area contributed by atoms with Gasteiger partial charge in [-0.25, -0.2) is 0 Å².